The molecule has 6 heteroatoms. The summed E-state index contributed by atoms with van der Waals surface area (Å²) >= 11 is 0. The highest BCUT2D eigenvalue weighted by molar-refractivity contribution is 6.04. The zero-order valence-electron chi connectivity index (χ0n) is 26.0. The van der Waals surface area contributed by atoms with Crippen molar-refractivity contribution in [3.8, 4) is 6.07 Å². The molecule has 0 unspecified atom stereocenters. The molecule has 4 rings (SSSR count). The normalized spacial score (nSPS) is 13.9. The van der Waals surface area contributed by atoms with Crippen LogP contribution in [0.5, 0.6) is 0 Å². The number of piperidine rings is 1. The SMILES string of the molecule is CCCCCc1ccc(C(=O)N(Cc2ccc(NC(=O)c3cccc(C#N)c3)cc2)C2CCN(CCC(C)C)CC2)cc1. The van der Waals surface area contributed by atoms with Crippen LogP contribution < -0.4 is 5.32 Å². The number of carbonyl (C=O) groups excluding carboxylic acids is 2. The molecule has 0 saturated carbocycles. The third kappa shape index (κ3) is 9.53. The highest BCUT2D eigenvalue weighted by atomic mass is 16.2. The standard InChI is InChI=1S/C37H46N4O2/c1-4-5-6-8-29-11-15-32(16-12-29)37(43)41(35-20-23-40(24-21-35)22-19-28(2)3)27-30-13-17-34(18-14-30)39-36(42)33-10-7-9-31(25-33)26-38/h7,9-18,25,28,35H,4-6,8,19-24,27H2,1-3H3,(H,39,42). The van der Waals surface area contributed by atoms with Crippen molar-refractivity contribution in [3.63, 3.8) is 0 Å². The second kappa shape index (κ2) is 16.0. The molecular formula is C37H46N4O2. The topological polar surface area (TPSA) is 76.4 Å². The van der Waals surface area contributed by atoms with Gasteiger partial charge >= 0.3 is 0 Å². The van der Waals surface area contributed by atoms with E-state index < -0.39 is 0 Å². The number of unbranched alkanes of at least 4 members (excludes halogenated alkanes) is 2. The first-order chi connectivity index (χ1) is 20.9. The Labute approximate surface area is 257 Å². The number of nitrogens with one attached hydrogen (secondary N) is 1. The first kappa shape index (κ1) is 32.0. The molecular weight excluding hydrogens is 532 g/mol. The minimum atomic E-state index is -0.260. The van der Waals surface area contributed by atoms with E-state index in [1.165, 1.54) is 31.2 Å². The predicted molar refractivity (Wildman–Crippen MR) is 174 cm³/mol. The van der Waals surface area contributed by atoms with E-state index >= 15 is 0 Å². The molecule has 6 nitrogen and oxygen atoms in total. The Kier molecular flexibility index (Phi) is 11.9. The van der Waals surface area contributed by atoms with Crippen molar-refractivity contribution in [2.75, 3.05) is 25.0 Å². The summed E-state index contributed by atoms with van der Waals surface area (Å²) in [6.07, 6.45) is 7.78. The van der Waals surface area contributed by atoms with Gasteiger partial charge in [-0.2, -0.15) is 5.26 Å². The number of nitrogens with zero attached hydrogens (tertiary/aromatic N) is 3. The summed E-state index contributed by atoms with van der Waals surface area (Å²) in [7, 11) is 0. The Balaban J connectivity index is 1.46. The molecule has 1 N–H and O–H groups in total. The molecule has 1 heterocycles. The van der Waals surface area contributed by atoms with Crippen LogP contribution in [0.15, 0.2) is 72.8 Å². The lowest BCUT2D eigenvalue weighted by Crippen LogP contribution is -2.47. The van der Waals surface area contributed by atoms with Gasteiger partial charge in [-0.3, -0.25) is 9.59 Å². The number of anilines is 1. The van der Waals surface area contributed by atoms with E-state index in [1.807, 2.05) is 36.4 Å². The van der Waals surface area contributed by atoms with Gasteiger partial charge in [0.15, 0.2) is 0 Å². The van der Waals surface area contributed by atoms with Crippen molar-refractivity contribution in [2.45, 2.75) is 78.3 Å². The van der Waals surface area contributed by atoms with Crippen LogP contribution in [0, 0.1) is 17.2 Å². The fourth-order valence-corrected chi connectivity index (χ4v) is 5.64. The van der Waals surface area contributed by atoms with Crippen LogP contribution in [-0.2, 0) is 13.0 Å². The monoisotopic (exact) mass is 578 g/mol. The van der Waals surface area contributed by atoms with Crippen molar-refractivity contribution >= 4 is 17.5 Å². The van der Waals surface area contributed by atoms with Crippen LogP contribution in [0.3, 0.4) is 0 Å². The van der Waals surface area contributed by atoms with E-state index in [1.54, 1.807) is 24.3 Å². The number of nitriles is 1. The van der Waals surface area contributed by atoms with Crippen LogP contribution in [0.1, 0.15) is 96.7 Å². The van der Waals surface area contributed by atoms with Crippen molar-refractivity contribution in [3.05, 3.63) is 101 Å². The Morgan fingerprint density at radius 1 is 0.953 bits per heavy atom. The number of carbonyl (C=O) groups is 2. The van der Waals surface area contributed by atoms with Gasteiger partial charge in [-0.15, -0.1) is 0 Å². The van der Waals surface area contributed by atoms with Gasteiger partial charge in [-0.25, -0.2) is 0 Å². The summed E-state index contributed by atoms with van der Waals surface area (Å²) in [4.78, 5) is 31.3. The summed E-state index contributed by atoms with van der Waals surface area (Å²) in [6, 6.07) is 24.8. The van der Waals surface area contributed by atoms with Crippen LogP contribution in [0.2, 0.25) is 0 Å². The quantitative estimate of drug-likeness (QED) is 0.211. The molecule has 0 spiro atoms. The van der Waals surface area contributed by atoms with Crippen molar-refractivity contribution in [1.29, 1.82) is 5.26 Å². The lowest BCUT2D eigenvalue weighted by atomic mass is 9.99. The van der Waals surface area contributed by atoms with Crippen molar-refractivity contribution < 1.29 is 9.59 Å². The number of hydrogen-bond donors (Lipinski definition) is 1. The molecule has 2 amide bonds. The molecule has 3 aromatic carbocycles. The van der Waals surface area contributed by atoms with E-state index in [-0.39, 0.29) is 17.9 Å². The summed E-state index contributed by atoms with van der Waals surface area (Å²) in [5.74, 6) is 0.510. The van der Waals surface area contributed by atoms with Crippen molar-refractivity contribution in [2.24, 2.45) is 5.92 Å². The number of aryl methyl sites for hydroxylation is 1. The van der Waals surface area contributed by atoms with Gasteiger partial charge in [0.05, 0.1) is 11.6 Å². The summed E-state index contributed by atoms with van der Waals surface area (Å²) in [5, 5.41) is 12.1. The zero-order chi connectivity index (χ0) is 30.6. The fraction of sp³-hybridized carbons (Fsp3) is 0.432. The first-order valence-electron chi connectivity index (χ1n) is 15.9. The van der Waals surface area contributed by atoms with Crippen LogP contribution in [0.4, 0.5) is 5.69 Å². The maximum atomic E-state index is 14.0. The van der Waals surface area contributed by atoms with Crippen LogP contribution in [0.25, 0.3) is 0 Å². The first-order valence-corrected chi connectivity index (χ1v) is 15.9. The van der Waals surface area contributed by atoms with Crippen molar-refractivity contribution in [1.82, 2.24) is 9.80 Å². The molecule has 1 aliphatic heterocycles. The summed E-state index contributed by atoms with van der Waals surface area (Å²) < 4.78 is 0. The molecule has 0 aromatic heterocycles. The second-order valence-corrected chi connectivity index (χ2v) is 12.2. The predicted octanol–water partition coefficient (Wildman–Crippen LogP) is 7.70. The Bertz CT molecular complexity index is 1370. The average molecular weight is 579 g/mol. The zero-order valence-corrected chi connectivity index (χ0v) is 26.0. The lowest BCUT2D eigenvalue weighted by molar-refractivity contribution is 0.0546. The van der Waals surface area contributed by atoms with Gasteiger partial charge in [0.2, 0.25) is 0 Å². The lowest BCUT2D eigenvalue weighted by Gasteiger charge is -2.39. The van der Waals surface area contributed by atoms with E-state index in [0.717, 1.165) is 50.0 Å². The Morgan fingerprint density at radius 2 is 1.65 bits per heavy atom. The highest BCUT2D eigenvalue weighted by Crippen LogP contribution is 2.24. The van der Waals surface area contributed by atoms with Gasteiger partial charge in [0.1, 0.15) is 0 Å². The molecule has 0 bridgehead atoms. The number of amides is 2. The smallest absolute Gasteiger partial charge is 0.255 e. The number of benzene rings is 3. The van der Waals surface area contributed by atoms with E-state index in [9.17, 15) is 9.59 Å². The Morgan fingerprint density at radius 3 is 2.30 bits per heavy atom. The summed E-state index contributed by atoms with van der Waals surface area (Å²) in [5.41, 5.74) is 4.61. The molecule has 3 aromatic rings. The molecule has 226 valence electrons. The van der Waals surface area contributed by atoms with Crippen LogP contribution in [-0.4, -0.2) is 47.3 Å². The fourth-order valence-electron chi connectivity index (χ4n) is 5.64. The molecule has 1 fully saturated rings. The van der Waals surface area contributed by atoms with Gasteiger partial charge in [0.25, 0.3) is 11.8 Å². The molecule has 43 heavy (non-hydrogen) atoms. The number of rotatable bonds is 13. The molecule has 0 aliphatic carbocycles. The highest BCUT2D eigenvalue weighted by Gasteiger charge is 2.29. The van der Waals surface area contributed by atoms with Gasteiger partial charge in [-0.05, 0) is 98.2 Å². The average Bonchev–Trinajstić information content (AvgIpc) is 3.04. The van der Waals surface area contributed by atoms with E-state index in [4.69, 9.17) is 5.26 Å². The molecule has 0 atom stereocenters. The van der Waals surface area contributed by atoms with E-state index in [0.29, 0.717) is 29.3 Å². The van der Waals surface area contributed by atoms with Gasteiger partial charge in [-0.1, -0.05) is 63.9 Å². The minimum Gasteiger partial charge on any atom is -0.331 e. The number of hydrogen-bond acceptors (Lipinski definition) is 4. The molecule has 0 radical (unpaired) electrons. The second-order valence-electron chi connectivity index (χ2n) is 12.2. The van der Waals surface area contributed by atoms with Gasteiger partial charge < -0.3 is 15.1 Å². The Hall–Kier alpha value is -3.95. The largest absolute Gasteiger partial charge is 0.331 e. The van der Waals surface area contributed by atoms with Gasteiger partial charge in [0, 0.05) is 42.5 Å². The minimum absolute atomic E-state index is 0.0792. The van der Waals surface area contributed by atoms with E-state index in [2.05, 4.69) is 54.1 Å². The number of likely N-dealkylation sites (tertiary alicyclic amines) is 1. The maximum absolute atomic E-state index is 14.0. The molecule has 1 saturated heterocycles. The van der Waals surface area contributed by atoms with Crippen LogP contribution >= 0.6 is 0 Å². The molecule has 1 aliphatic rings. The third-order valence-electron chi connectivity index (χ3n) is 8.37. The maximum Gasteiger partial charge on any atom is 0.255 e. The summed E-state index contributed by atoms with van der Waals surface area (Å²) in [6.45, 7) is 10.4. The third-order valence-corrected chi connectivity index (χ3v) is 8.37.